The van der Waals surface area contributed by atoms with Crippen molar-refractivity contribution in [3.8, 4) is 0 Å². The number of rotatable bonds is 1. The number of nitrogens with two attached hydrogens (primary N) is 1. The monoisotopic (exact) mass is 313 g/mol. The highest BCUT2D eigenvalue weighted by Gasteiger charge is 2.11. The van der Waals surface area contributed by atoms with Crippen molar-refractivity contribution >= 4 is 41.9 Å². The number of halogens is 2. The topological polar surface area (TPSA) is 60.2 Å². The van der Waals surface area contributed by atoms with Crippen LogP contribution in [0.1, 0.15) is 0 Å². The zero-order chi connectivity index (χ0) is 9.35. The Labute approximate surface area is 87.3 Å². The molecule has 0 aliphatic rings. The van der Waals surface area contributed by atoms with Crippen LogP contribution in [0.2, 0.25) is 0 Å². The van der Waals surface area contributed by atoms with Gasteiger partial charge in [-0.1, -0.05) is 15.9 Å². The van der Waals surface area contributed by atoms with Gasteiger partial charge in [-0.3, -0.25) is 0 Å². The van der Waals surface area contributed by atoms with Gasteiger partial charge in [-0.2, -0.15) is 0 Å². The molecule has 0 saturated carbocycles. The minimum Gasteiger partial charge on any atom is -0.225 e. The summed E-state index contributed by atoms with van der Waals surface area (Å²) >= 11 is 6.29. The van der Waals surface area contributed by atoms with Crippen molar-refractivity contribution in [1.82, 2.24) is 0 Å². The average molecular weight is 315 g/mol. The number of hydrogen-bond donors (Lipinski definition) is 1. The van der Waals surface area contributed by atoms with E-state index in [9.17, 15) is 8.42 Å². The molecule has 0 aromatic heterocycles. The maximum Gasteiger partial charge on any atom is 0.239 e. The SMILES string of the molecule is NS(=O)(=O)c1ccc(Br)cc1Br. The smallest absolute Gasteiger partial charge is 0.225 e. The molecule has 0 atom stereocenters. The quantitative estimate of drug-likeness (QED) is 0.860. The minimum absolute atomic E-state index is 0.0886. The zero-order valence-electron chi connectivity index (χ0n) is 5.79. The van der Waals surface area contributed by atoms with Crippen LogP contribution in [0.4, 0.5) is 0 Å². The van der Waals surface area contributed by atoms with Crippen LogP contribution in [-0.4, -0.2) is 8.42 Å². The van der Waals surface area contributed by atoms with E-state index >= 15 is 0 Å². The van der Waals surface area contributed by atoms with Crippen molar-refractivity contribution in [2.75, 3.05) is 0 Å². The van der Waals surface area contributed by atoms with Gasteiger partial charge in [0.1, 0.15) is 0 Å². The molecule has 1 rings (SSSR count). The standard InChI is InChI=1S/C6H5Br2NO2S/c7-4-1-2-6(5(8)3-4)12(9,10)11/h1-3H,(H2,9,10,11). The molecule has 0 aliphatic heterocycles. The number of benzene rings is 1. The third kappa shape index (κ3) is 2.29. The summed E-state index contributed by atoms with van der Waals surface area (Å²) in [5, 5.41) is 4.93. The van der Waals surface area contributed by atoms with Gasteiger partial charge in [0.15, 0.2) is 0 Å². The fraction of sp³-hybridized carbons (Fsp3) is 0. The number of sulfonamides is 1. The van der Waals surface area contributed by atoms with Crippen LogP contribution >= 0.6 is 31.9 Å². The Kier molecular flexibility index (Phi) is 2.92. The van der Waals surface area contributed by atoms with Gasteiger partial charge in [0.2, 0.25) is 10.0 Å². The fourth-order valence-electron chi connectivity index (χ4n) is 0.706. The second-order valence-corrected chi connectivity index (χ2v) is 5.42. The highest BCUT2D eigenvalue weighted by atomic mass is 79.9. The lowest BCUT2D eigenvalue weighted by atomic mass is 10.4. The lowest BCUT2D eigenvalue weighted by Crippen LogP contribution is -2.12. The van der Waals surface area contributed by atoms with Crippen molar-refractivity contribution < 1.29 is 8.42 Å². The van der Waals surface area contributed by atoms with Gasteiger partial charge < -0.3 is 0 Å². The lowest BCUT2D eigenvalue weighted by Gasteiger charge is -2.00. The maximum atomic E-state index is 10.9. The fourth-order valence-corrected chi connectivity index (χ4v) is 3.02. The summed E-state index contributed by atoms with van der Waals surface area (Å²) in [6.45, 7) is 0. The highest BCUT2D eigenvalue weighted by molar-refractivity contribution is 9.11. The van der Waals surface area contributed by atoms with E-state index in [-0.39, 0.29) is 4.90 Å². The first-order valence-electron chi connectivity index (χ1n) is 2.89. The van der Waals surface area contributed by atoms with E-state index < -0.39 is 10.0 Å². The third-order valence-electron chi connectivity index (χ3n) is 1.20. The predicted octanol–water partition coefficient (Wildman–Crippen LogP) is 1.86. The number of hydrogen-bond acceptors (Lipinski definition) is 2. The van der Waals surface area contributed by atoms with Crippen molar-refractivity contribution in [1.29, 1.82) is 0 Å². The van der Waals surface area contributed by atoms with Gasteiger partial charge >= 0.3 is 0 Å². The molecular weight excluding hydrogens is 310 g/mol. The van der Waals surface area contributed by atoms with E-state index in [1.54, 1.807) is 12.1 Å². The van der Waals surface area contributed by atoms with Crippen molar-refractivity contribution in [3.05, 3.63) is 27.1 Å². The molecule has 6 heteroatoms. The van der Waals surface area contributed by atoms with E-state index in [1.165, 1.54) is 6.07 Å². The van der Waals surface area contributed by atoms with Crippen LogP contribution in [0.3, 0.4) is 0 Å². The lowest BCUT2D eigenvalue weighted by molar-refractivity contribution is 0.597. The molecular formula is C6H5Br2NO2S. The molecule has 12 heavy (non-hydrogen) atoms. The Morgan fingerprint density at radius 1 is 1.25 bits per heavy atom. The van der Waals surface area contributed by atoms with Crippen molar-refractivity contribution in [2.24, 2.45) is 5.14 Å². The van der Waals surface area contributed by atoms with E-state index in [0.717, 1.165) is 4.47 Å². The summed E-state index contributed by atoms with van der Waals surface area (Å²) in [5.41, 5.74) is 0. The Bertz CT molecular complexity index is 402. The molecule has 0 radical (unpaired) electrons. The second-order valence-electron chi connectivity index (χ2n) is 2.12. The van der Waals surface area contributed by atoms with Crippen LogP contribution in [0.25, 0.3) is 0 Å². The Morgan fingerprint density at radius 2 is 1.83 bits per heavy atom. The summed E-state index contributed by atoms with van der Waals surface area (Å²) in [7, 11) is -3.62. The Balaban J connectivity index is 3.39. The molecule has 2 N–H and O–H groups in total. The predicted molar refractivity (Wildman–Crippen MR) is 53.2 cm³/mol. The average Bonchev–Trinajstić information content (AvgIpc) is 1.83. The van der Waals surface area contributed by atoms with E-state index in [1.807, 2.05) is 0 Å². The van der Waals surface area contributed by atoms with Crippen molar-refractivity contribution in [3.63, 3.8) is 0 Å². The normalized spacial score (nSPS) is 11.6. The molecule has 0 spiro atoms. The van der Waals surface area contributed by atoms with Crippen LogP contribution in [0.5, 0.6) is 0 Å². The van der Waals surface area contributed by atoms with Gasteiger partial charge in [-0.05, 0) is 34.1 Å². The van der Waals surface area contributed by atoms with Gasteiger partial charge in [0, 0.05) is 8.95 Å². The van der Waals surface area contributed by atoms with E-state index in [2.05, 4.69) is 31.9 Å². The molecule has 0 fully saturated rings. The minimum atomic E-state index is -3.62. The maximum absolute atomic E-state index is 10.9. The van der Waals surface area contributed by atoms with Crippen LogP contribution in [0, 0.1) is 0 Å². The van der Waals surface area contributed by atoms with E-state index in [4.69, 9.17) is 5.14 Å². The Morgan fingerprint density at radius 3 is 2.25 bits per heavy atom. The largest absolute Gasteiger partial charge is 0.239 e. The molecule has 0 heterocycles. The molecule has 3 nitrogen and oxygen atoms in total. The van der Waals surface area contributed by atoms with Crippen LogP contribution in [-0.2, 0) is 10.0 Å². The summed E-state index contributed by atoms with van der Waals surface area (Å²) in [4.78, 5) is 0.0886. The molecule has 0 amide bonds. The summed E-state index contributed by atoms with van der Waals surface area (Å²) in [6.07, 6.45) is 0. The molecule has 1 aromatic carbocycles. The Hall–Kier alpha value is 0.0900. The zero-order valence-corrected chi connectivity index (χ0v) is 9.78. The first-order valence-corrected chi connectivity index (χ1v) is 6.02. The van der Waals surface area contributed by atoms with Gasteiger partial charge in [-0.25, -0.2) is 13.6 Å². The molecule has 66 valence electrons. The van der Waals surface area contributed by atoms with Crippen LogP contribution in [0.15, 0.2) is 32.0 Å². The van der Waals surface area contributed by atoms with Gasteiger partial charge in [0.25, 0.3) is 0 Å². The van der Waals surface area contributed by atoms with E-state index in [0.29, 0.717) is 4.47 Å². The first kappa shape index (κ1) is 10.2. The second kappa shape index (κ2) is 3.45. The molecule has 0 bridgehead atoms. The number of primary sulfonamides is 1. The molecule has 0 saturated heterocycles. The summed E-state index contributed by atoms with van der Waals surface area (Å²) in [5.74, 6) is 0. The molecule has 0 unspecified atom stereocenters. The summed E-state index contributed by atoms with van der Waals surface area (Å²) < 4.78 is 23.0. The summed E-state index contributed by atoms with van der Waals surface area (Å²) in [6, 6.07) is 4.67. The van der Waals surface area contributed by atoms with Crippen LogP contribution < -0.4 is 5.14 Å². The third-order valence-corrected chi connectivity index (χ3v) is 3.58. The highest BCUT2D eigenvalue weighted by Crippen LogP contribution is 2.24. The van der Waals surface area contributed by atoms with Crippen molar-refractivity contribution in [2.45, 2.75) is 4.90 Å². The molecule has 1 aromatic rings. The first-order chi connectivity index (χ1) is 5.41. The van der Waals surface area contributed by atoms with Gasteiger partial charge in [0.05, 0.1) is 4.90 Å². The molecule has 0 aliphatic carbocycles. The van der Waals surface area contributed by atoms with Gasteiger partial charge in [-0.15, -0.1) is 0 Å².